The Hall–Kier alpha value is -1.68. The maximum atomic E-state index is 11.7. The van der Waals surface area contributed by atoms with Crippen LogP contribution in [0, 0.1) is 10.1 Å². The summed E-state index contributed by atoms with van der Waals surface area (Å²) >= 11 is 10.8. The normalized spacial score (nSPS) is 15.5. The van der Waals surface area contributed by atoms with E-state index in [4.69, 9.17) is 12.2 Å². The SMILES string of the molecule is O=C1NC(=S)S/C1=C/c1ccc(Sc2ccc(Br)cc2)c([N+](=O)[O-])c1. The lowest BCUT2D eigenvalue weighted by molar-refractivity contribution is -0.387. The summed E-state index contributed by atoms with van der Waals surface area (Å²) in [6.45, 7) is 0. The van der Waals surface area contributed by atoms with Crippen LogP contribution in [-0.2, 0) is 4.79 Å². The Kier molecular flexibility index (Phi) is 5.57. The number of nitrogens with one attached hydrogen (secondary N) is 1. The number of thioether (sulfide) groups is 1. The fourth-order valence-corrected chi connectivity index (χ4v) is 4.26. The standard InChI is InChI=1S/C16H9BrN2O3S3/c17-10-2-4-11(5-3-10)24-13-6-1-9(7-12(13)19(21)22)8-14-15(20)18-16(23)25-14/h1-8H,(H,18,20,23)/b14-8+. The van der Waals surface area contributed by atoms with E-state index in [1.165, 1.54) is 17.8 Å². The van der Waals surface area contributed by atoms with Gasteiger partial charge in [0.25, 0.3) is 11.6 Å². The lowest BCUT2D eigenvalue weighted by Gasteiger charge is -2.05. The van der Waals surface area contributed by atoms with Gasteiger partial charge < -0.3 is 5.32 Å². The average Bonchev–Trinajstić information content (AvgIpc) is 2.88. The average molecular weight is 453 g/mol. The molecule has 2 aromatic carbocycles. The van der Waals surface area contributed by atoms with Crippen molar-refractivity contribution in [1.82, 2.24) is 5.32 Å². The van der Waals surface area contributed by atoms with Crippen LogP contribution in [0.15, 0.2) is 61.6 Å². The fourth-order valence-electron chi connectivity index (χ4n) is 2.06. The van der Waals surface area contributed by atoms with Crippen molar-refractivity contribution in [2.45, 2.75) is 9.79 Å². The number of nitro groups is 1. The topological polar surface area (TPSA) is 72.2 Å². The van der Waals surface area contributed by atoms with Gasteiger partial charge >= 0.3 is 0 Å². The van der Waals surface area contributed by atoms with Gasteiger partial charge in [-0.3, -0.25) is 14.9 Å². The third-order valence-corrected chi connectivity index (χ3v) is 5.93. The second kappa shape index (κ2) is 7.69. The molecule has 0 aliphatic carbocycles. The highest BCUT2D eigenvalue weighted by Crippen LogP contribution is 2.36. The number of benzene rings is 2. The zero-order valence-corrected chi connectivity index (χ0v) is 16.4. The molecule has 0 atom stereocenters. The molecule has 1 aliphatic rings. The Balaban J connectivity index is 1.92. The smallest absolute Gasteiger partial charge is 0.283 e. The van der Waals surface area contributed by atoms with Gasteiger partial charge in [0.15, 0.2) is 0 Å². The molecule has 1 aliphatic heterocycles. The van der Waals surface area contributed by atoms with E-state index < -0.39 is 4.92 Å². The Morgan fingerprint density at radius 3 is 2.56 bits per heavy atom. The monoisotopic (exact) mass is 452 g/mol. The molecule has 1 amide bonds. The van der Waals surface area contributed by atoms with Crippen LogP contribution in [-0.4, -0.2) is 15.2 Å². The van der Waals surface area contributed by atoms with Gasteiger partial charge in [-0.2, -0.15) is 0 Å². The van der Waals surface area contributed by atoms with Crippen LogP contribution in [0.2, 0.25) is 0 Å². The first-order valence-corrected chi connectivity index (χ1v) is 9.72. The summed E-state index contributed by atoms with van der Waals surface area (Å²) in [4.78, 5) is 24.6. The number of carbonyl (C=O) groups excluding carboxylic acids is 1. The van der Waals surface area contributed by atoms with E-state index in [-0.39, 0.29) is 11.6 Å². The van der Waals surface area contributed by atoms with Crippen LogP contribution in [0.25, 0.3) is 6.08 Å². The van der Waals surface area contributed by atoms with Crippen LogP contribution in [0.3, 0.4) is 0 Å². The van der Waals surface area contributed by atoms with Crippen molar-refractivity contribution in [3.63, 3.8) is 0 Å². The van der Waals surface area contributed by atoms with Crippen molar-refractivity contribution in [2.75, 3.05) is 0 Å². The van der Waals surface area contributed by atoms with Crippen molar-refractivity contribution in [2.24, 2.45) is 0 Å². The third kappa shape index (κ3) is 4.49. The van der Waals surface area contributed by atoms with Gasteiger partial charge in [0.1, 0.15) is 4.32 Å². The van der Waals surface area contributed by atoms with Crippen LogP contribution in [0.1, 0.15) is 5.56 Å². The molecule has 0 aromatic heterocycles. The second-order valence-electron chi connectivity index (χ2n) is 4.89. The Morgan fingerprint density at radius 1 is 1.24 bits per heavy atom. The van der Waals surface area contributed by atoms with E-state index in [1.807, 2.05) is 24.3 Å². The minimum atomic E-state index is -0.421. The molecule has 1 fully saturated rings. The lowest BCUT2D eigenvalue weighted by atomic mass is 10.2. The second-order valence-corrected chi connectivity index (χ2v) is 8.64. The van der Waals surface area contributed by atoms with E-state index in [9.17, 15) is 14.9 Å². The van der Waals surface area contributed by atoms with Gasteiger partial charge in [0, 0.05) is 15.4 Å². The first-order valence-electron chi connectivity index (χ1n) is 6.89. The fraction of sp³-hybridized carbons (Fsp3) is 0. The number of carbonyl (C=O) groups is 1. The summed E-state index contributed by atoms with van der Waals surface area (Å²) in [5.41, 5.74) is 0.572. The third-order valence-electron chi connectivity index (χ3n) is 3.16. The van der Waals surface area contributed by atoms with Crippen molar-refractivity contribution in [1.29, 1.82) is 0 Å². The molecule has 0 saturated carbocycles. The Labute approximate surface area is 165 Å². The minimum Gasteiger partial charge on any atom is -0.307 e. The molecule has 0 spiro atoms. The summed E-state index contributed by atoms with van der Waals surface area (Å²) in [6, 6.07) is 12.4. The minimum absolute atomic E-state index is 0.00625. The predicted octanol–water partition coefficient (Wildman–Crippen LogP) is 5.00. The molecule has 0 bridgehead atoms. The number of halogens is 1. The number of rotatable bonds is 4. The molecule has 5 nitrogen and oxygen atoms in total. The molecule has 3 rings (SSSR count). The number of nitro benzene ring substituents is 1. The molecule has 0 unspecified atom stereocenters. The van der Waals surface area contributed by atoms with Crippen LogP contribution in [0.5, 0.6) is 0 Å². The van der Waals surface area contributed by atoms with Crippen molar-refractivity contribution < 1.29 is 9.72 Å². The molecule has 0 radical (unpaired) electrons. The summed E-state index contributed by atoms with van der Waals surface area (Å²) in [7, 11) is 0. The predicted molar refractivity (Wildman–Crippen MR) is 108 cm³/mol. The van der Waals surface area contributed by atoms with E-state index >= 15 is 0 Å². The zero-order chi connectivity index (χ0) is 18.0. The van der Waals surface area contributed by atoms with E-state index in [2.05, 4.69) is 21.2 Å². The van der Waals surface area contributed by atoms with Gasteiger partial charge in [-0.05, 0) is 42.0 Å². The highest BCUT2D eigenvalue weighted by Gasteiger charge is 2.23. The van der Waals surface area contributed by atoms with Gasteiger partial charge in [-0.1, -0.05) is 57.7 Å². The van der Waals surface area contributed by atoms with Crippen LogP contribution >= 0.6 is 51.7 Å². The number of amides is 1. The van der Waals surface area contributed by atoms with Crippen LogP contribution in [0.4, 0.5) is 5.69 Å². The molecule has 1 N–H and O–H groups in total. The Morgan fingerprint density at radius 2 is 1.96 bits per heavy atom. The van der Waals surface area contributed by atoms with Gasteiger partial charge in [0.2, 0.25) is 0 Å². The van der Waals surface area contributed by atoms with Crippen LogP contribution < -0.4 is 5.32 Å². The molecule has 25 heavy (non-hydrogen) atoms. The van der Waals surface area contributed by atoms with Gasteiger partial charge in [-0.25, -0.2) is 0 Å². The molecule has 2 aromatic rings. The molecule has 1 saturated heterocycles. The molecular weight excluding hydrogens is 444 g/mol. The number of thiocarbonyl (C=S) groups is 1. The number of nitrogens with zero attached hydrogens (tertiary/aromatic N) is 1. The van der Waals surface area contributed by atoms with Gasteiger partial charge in [0.05, 0.1) is 14.7 Å². The highest BCUT2D eigenvalue weighted by molar-refractivity contribution is 9.10. The molecule has 126 valence electrons. The van der Waals surface area contributed by atoms with Crippen molar-refractivity contribution in [3.8, 4) is 0 Å². The maximum Gasteiger partial charge on any atom is 0.283 e. The first kappa shape index (κ1) is 18.1. The highest BCUT2D eigenvalue weighted by atomic mass is 79.9. The largest absolute Gasteiger partial charge is 0.307 e. The number of hydrogen-bond acceptors (Lipinski definition) is 6. The molecule has 1 heterocycles. The molecule has 9 heteroatoms. The Bertz CT molecular complexity index is 913. The van der Waals surface area contributed by atoms with Crippen molar-refractivity contribution in [3.05, 3.63) is 67.5 Å². The summed E-state index contributed by atoms with van der Waals surface area (Å²) < 4.78 is 1.33. The quantitative estimate of drug-likeness (QED) is 0.304. The van der Waals surface area contributed by atoms with Crippen molar-refractivity contribution >= 4 is 73.7 Å². The first-order chi connectivity index (χ1) is 11.9. The summed E-state index contributed by atoms with van der Waals surface area (Å²) in [6.07, 6.45) is 1.60. The zero-order valence-electron chi connectivity index (χ0n) is 12.4. The molecular formula is C16H9BrN2O3S3. The lowest BCUT2D eigenvalue weighted by Crippen LogP contribution is -2.17. The van der Waals surface area contributed by atoms with E-state index in [1.54, 1.807) is 18.2 Å². The van der Waals surface area contributed by atoms with Gasteiger partial charge in [-0.15, -0.1) is 0 Å². The van der Waals surface area contributed by atoms with E-state index in [0.717, 1.165) is 21.1 Å². The van der Waals surface area contributed by atoms with E-state index in [0.29, 0.717) is 19.7 Å². The maximum absolute atomic E-state index is 11.7. The summed E-state index contributed by atoms with van der Waals surface area (Å²) in [5, 5.41) is 13.9. The summed E-state index contributed by atoms with van der Waals surface area (Å²) in [5.74, 6) is -0.286. The number of hydrogen-bond donors (Lipinski definition) is 1.